The molecular formula is C65H44N2O. The molecule has 0 radical (unpaired) electrons. The highest BCUT2D eigenvalue weighted by molar-refractivity contribution is 6.08. The fourth-order valence-electron chi connectivity index (χ4n) is 10.7. The fraction of sp³-hybridized carbons (Fsp3) is 0.0462. The minimum Gasteiger partial charge on any atom is -0.455 e. The van der Waals surface area contributed by atoms with Gasteiger partial charge in [-0.3, -0.25) is 0 Å². The van der Waals surface area contributed by atoms with Gasteiger partial charge in [-0.1, -0.05) is 176 Å². The van der Waals surface area contributed by atoms with E-state index in [-0.39, 0.29) is 12.0 Å². The number of allylic oxidation sites excluding steroid dienone is 2. The minimum atomic E-state index is 0.170. The summed E-state index contributed by atoms with van der Waals surface area (Å²) in [7, 11) is 0. The van der Waals surface area contributed by atoms with Crippen LogP contribution in [0.1, 0.15) is 17.0 Å². The third-order valence-electron chi connectivity index (χ3n) is 13.9. The molecule has 2 unspecified atom stereocenters. The lowest BCUT2D eigenvalue weighted by Crippen LogP contribution is -2.29. The van der Waals surface area contributed by atoms with E-state index in [9.17, 15) is 0 Å². The van der Waals surface area contributed by atoms with E-state index in [1.165, 1.54) is 61.1 Å². The van der Waals surface area contributed by atoms with Gasteiger partial charge < -0.3 is 14.2 Å². The maximum Gasteiger partial charge on any atom is 0.152 e. The zero-order valence-corrected chi connectivity index (χ0v) is 37.5. The molecule has 0 saturated carbocycles. The molecule has 10 aromatic carbocycles. The predicted octanol–water partition coefficient (Wildman–Crippen LogP) is 17.5. The van der Waals surface area contributed by atoms with Crippen molar-refractivity contribution in [2.45, 2.75) is 18.9 Å². The number of para-hydroxylation sites is 2. The Morgan fingerprint density at radius 2 is 1.21 bits per heavy atom. The summed E-state index contributed by atoms with van der Waals surface area (Å²) in [5, 5.41) is 4.45. The molecule has 2 aliphatic rings. The molecule has 2 heterocycles. The quantitative estimate of drug-likeness (QED) is 0.152. The van der Waals surface area contributed by atoms with Crippen LogP contribution < -0.4 is 9.80 Å². The Kier molecular flexibility index (Phi) is 9.44. The Balaban J connectivity index is 0.949. The van der Waals surface area contributed by atoms with E-state index in [1.807, 2.05) is 24.3 Å². The Morgan fingerprint density at radius 1 is 0.500 bits per heavy atom. The maximum absolute atomic E-state index is 6.52. The van der Waals surface area contributed by atoms with E-state index in [4.69, 9.17) is 4.42 Å². The van der Waals surface area contributed by atoms with Crippen molar-refractivity contribution < 1.29 is 4.42 Å². The van der Waals surface area contributed by atoms with Crippen molar-refractivity contribution in [1.82, 2.24) is 0 Å². The summed E-state index contributed by atoms with van der Waals surface area (Å²) in [6.07, 6.45) is 9.11. The van der Waals surface area contributed by atoms with Crippen molar-refractivity contribution in [2.75, 3.05) is 9.80 Å². The van der Waals surface area contributed by atoms with Gasteiger partial charge in [0.05, 0.1) is 17.1 Å². The van der Waals surface area contributed by atoms with Gasteiger partial charge in [0.25, 0.3) is 0 Å². The predicted molar refractivity (Wildman–Crippen MR) is 283 cm³/mol. The van der Waals surface area contributed by atoms with Gasteiger partial charge in [-0.25, -0.2) is 0 Å². The van der Waals surface area contributed by atoms with E-state index < -0.39 is 0 Å². The molecule has 0 fully saturated rings. The van der Waals surface area contributed by atoms with Crippen LogP contribution in [0.15, 0.2) is 241 Å². The lowest BCUT2D eigenvalue weighted by Gasteiger charge is -2.31. The van der Waals surface area contributed by atoms with Crippen LogP contribution in [0.25, 0.3) is 77.2 Å². The number of benzene rings is 9. The molecule has 68 heavy (non-hydrogen) atoms. The van der Waals surface area contributed by atoms with Crippen LogP contribution in [0.4, 0.5) is 28.4 Å². The van der Waals surface area contributed by atoms with Gasteiger partial charge in [0.2, 0.25) is 0 Å². The molecule has 0 N–H and O–H groups in total. The second-order valence-electron chi connectivity index (χ2n) is 17.9. The number of hydrogen-bond donors (Lipinski definition) is 0. The van der Waals surface area contributed by atoms with Crippen LogP contribution in [0, 0.1) is 19.1 Å². The highest BCUT2D eigenvalue weighted by atomic mass is 16.3. The number of anilines is 5. The molecule has 0 bridgehead atoms. The Hall–Kier alpha value is -8.84. The summed E-state index contributed by atoms with van der Waals surface area (Å²) in [6, 6.07) is 83.6. The maximum atomic E-state index is 6.52. The third kappa shape index (κ3) is 6.69. The molecule has 2 atom stereocenters. The summed E-state index contributed by atoms with van der Waals surface area (Å²) in [6.45, 7) is 2.24. The lowest BCUT2D eigenvalue weighted by molar-refractivity contribution is 0.670. The van der Waals surface area contributed by atoms with Crippen LogP contribution in [-0.2, 0) is 0 Å². The first-order chi connectivity index (χ1) is 33.6. The van der Waals surface area contributed by atoms with Crippen molar-refractivity contribution in [1.29, 1.82) is 0 Å². The monoisotopic (exact) mass is 868 g/mol. The van der Waals surface area contributed by atoms with Crippen molar-refractivity contribution in [3.63, 3.8) is 0 Å². The van der Waals surface area contributed by atoms with Crippen molar-refractivity contribution in [3.05, 3.63) is 260 Å². The summed E-state index contributed by atoms with van der Waals surface area (Å²) >= 11 is 0. The van der Waals surface area contributed by atoms with Gasteiger partial charge in [-0.05, 0) is 129 Å². The van der Waals surface area contributed by atoms with Crippen LogP contribution in [0.5, 0.6) is 0 Å². The zero-order chi connectivity index (χ0) is 45.1. The Morgan fingerprint density at radius 3 is 2.10 bits per heavy atom. The first-order valence-electron chi connectivity index (χ1n) is 23.4. The summed E-state index contributed by atoms with van der Waals surface area (Å²) < 4.78 is 6.52. The van der Waals surface area contributed by atoms with Gasteiger partial charge in [0.1, 0.15) is 5.58 Å². The standard InChI is InChI=1S/C65H44N2O/c1-43-39-51(54-37-33-49(44-15-3-2-4-16-44)42-63(54)67-61-26-10-7-21-56(61)57-22-8-11-27-62(57)67)34-38-60(43)66(52-35-31-46(32-36-52)48-30-29-45-17-5-6-18-47(45)40-48)53-20-13-19-50(41-53)55-24-14-25-59-58-23-9-12-28-64(58)68-65(55)59/h2-13,15-24,26-42,56,61H,1H3. The number of hydrogen-bond acceptors (Lipinski definition) is 3. The molecule has 1 aromatic heterocycles. The number of fused-ring (bicyclic) bond motifs is 7. The fourth-order valence-corrected chi connectivity index (χ4v) is 10.7. The number of aryl methyl sites for hydroxylation is 1. The molecular weight excluding hydrogens is 825 g/mol. The normalized spacial score (nSPS) is 14.9. The molecule has 0 spiro atoms. The lowest BCUT2D eigenvalue weighted by atomic mass is 9.91. The number of nitrogens with zero attached hydrogens (tertiary/aromatic N) is 2. The van der Waals surface area contributed by atoms with E-state index in [1.54, 1.807) is 0 Å². The van der Waals surface area contributed by atoms with E-state index >= 15 is 0 Å². The molecule has 320 valence electrons. The van der Waals surface area contributed by atoms with Crippen LogP contribution in [-0.4, -0.2) is 6.04 Å². The number of rotatable bonds is 8. The van der Waals surface area contributed by atoms with Crippen molar-refractivity contribution >= 4 is 61.1 Å². The molecule has 11 aromatic rings. The molecule has 0 amide bonds. The zero-order valence-electron chi connectivity index (χ0n) is 37.5. The minimum absolute atomic E-state index is 0.170. The van der Waals surface area contributed by atoms with E-state index in [0.29, 0.717) is 0 Å². The van der Waals surface area contributed by atoms with Gasteiger partial charge in [0.15, 0.2) is 5.58 Å². The summed E-state index contributed by atoms with van der Waals surface area (Å²) in [4.78, 5) is 4.96. The molecule has 0 saturated heterocycles. The topological polar surface area (TPSA) is 19.6 Å². The second-order valence-corrected chi connectivity index (χ2v) is 17.9. The highest BCUT2D eigenvalue weighted by Crippen LogP contribution is 2.51. The van der Waals surface area contributed by atoms with Crippen LogP contribution in [0.2, 0.25) is 0 Å². The first kappa shape index (κ1) is 39.5. The molecule has 13 rings (SSSR count). The number of furan rings is 1. The Bertz CT molecular complexity index is 3780. The highest BCUT2D eigenvalue weighted by Gasteiger charge is 2.38. The molecule has 1 aliphatic heterocycles. The molecule has 3 nitrogen and oxygen atoms in total. The molecule has 3 heteroatoms. The van der Waals surface area contributed by atoms with E-state index in [2.05, 4.69) is 241 Å². The van der Waals surface area contributed by atoms with Gasteiger partial charge in [0, 0.05) is 51.2 Å². The molecule has 1 aliphatic carbocycles. The summed E-state index contributed by atoms with van der Waals surface area (Å²) in [5.41, 5.74) is 19.0. The average Bonchev–Trinajstić information content (AvgIpc) is 3.96. The average molecular weight is 869 g/mol. The second kappa shape index (κ2) is 16.2. The Labute approximate surface area is 396 Å². The largest absolute Gasteiger partial charge is 0.455 e. The van der Waals surface area contributed by atoms with Gasteiger partial charge in [-0.2, -0.15) is 0 Å². The van der Waals surface area contributed by atoms with Crippen molar-refractivity contribution in [3.8, 4) is 44.5 Å². The first-order valence-corrected chi connectivity index (χ1v) is 23.4. The van der Waals surface area contributed by atoms with E-state index in [0.717, 1.165) is 55.7 Å². The third-order valence-corrected chi connectivity index (χ3v) is 13.9. The van der Waals surface area contributed by atoms with Gasteiger partial charge in [-0.15, -0.1) is 0 Å². The summed E-state index contributed by atoms with van der Waals surface area (Å²) in [5.74, 6) is 0.278. The van der Waals surface area contributed by atoms with Crippen molar-refractivity contribution in [2.24, 2.45) is 0 Å². The van der Waals surface area contributed by atoms with Gasteiger partial charge >= 0.3 is 0 Å². The van der Waals surface area contributed by atoms with Crippen LogP contribution >= 0.6 is 0 Å². The van der Waals surface area contributed by atoms with Crippen LogP contribution in [0.3, 0.4) is 0 Å². The smallest absolute Gasteiger partial charge is 0.152 e. The SMILES string of the molecule is Cc1cc(-c2ccc(-c3ccccc3)cc2N2c3ccccc3C3C=CC=CC32)ccc1N(c1ccc(-c2ccc3ccccc3c2)cc1)c1cccc(-c2cc#cc3c2oc2ccccc23)c1.